The highest BCUT2D eigenvalue weighted by Crippen LogP contribution is 1.85. The quantitative estimate of drug-likeness (QED) is 0.462. The smallest absolute Gasteiger partial charge is 0.0544 e. The first-order chi connectivity index (χ1) is 1.89. The van der Waals surface area contributed by atoms with E-state index in [0.717, 1.165) is 0 Å². The molecule has 1 heterocycles. The van der Waals surface area contributed by atoms with Crippen LogP contribution in [0.3, 0.4) is 0 Å². The fraction of sp³-hybridized carbons (Fsp3) is 1.00. The first-order valence-corrected chi connectivity index (χ1v) is 1.83. The third-order valence-electron chi connectivity index (χ3n) is 0.274. The molecule has 1 rings (SSSR count). The van der Waals surface area contributed by atoms with Crippen LogP contribution in [0.4, 0.5) is 0 Å². The molecule has 0 saturated heterocycles. The van der Waals surface area contributed by atoms with Crippen molar-refractivity contribution >= 4 is 11.7 Å². The molecule has 1 N–H and O–H groups in total. The first kappa shape index (κ1) is 2.08. The van der Waals surface area contributed by atoms with E-state index in [9.17, 15) is 0 Å². The second kappa shape index (κ2) is 0.402. The highest BCUT2D eigenvalue weighted by atomic mass is 32.1. The zero-order valence-corrected chi connectivity index (χ0v) is 3.17. The summed E-state index contributed by atoms with van der Waals surface area (Å²) in [6.45, 7) is 0. The molecule has 0 radical (unpaired) electrons. The van der Waals surface area contributed by atoms with Crippen LogP contribution in [0, 0.1) is 0 Å². The highest BCUT2D eigenvalue weighted by molar-refractivity contribution is 7.03. The van der Waals surface area contributed by atoms with Crippen molar-refractivity contribution in [2.45, 2.75) is 0 Å². The molecule has 1 aromatic rings. The molecule has 4 heavy (non-hydrogen) atoms. The Kier molecular flexibility index (Phi) is 0.209. The summed E-state index contributed by atoms with van der Waals surface area (Å²) in [7, 11) is 1.96. The van der Waals surface area contributed by atoms with Crippen LogP contribution in [0.5, 0.6) is 0 Å². The molecule has 2 nitrogen and oxygen atoms in total. The molecular formula is CH4N2S. The molecule has 0 spiro atoms. The first-order valence-electron chi connectivity index (χ1n) is 1.06. The number of H-pyrrole nitrogens is 1. The summed E-state index contributed by atoms with van der Waals surface area (Å²) < 4.78 is 4.76. The monoisotopic (exact) mass is 76.0 g/mol. The van der Waals surface area contributed by atoms with E-state index >= 15 is 0 Å². The minimum absolute atomic E-state index is 1.61. The van der Waals surface area contributed by atoms with Crippen LogP contribution < -0.4 is 0 Å². The molecule has 0 bridgehead atoms. The highest BCUT2D eigenvalue weighted by Gasteiger charge is 1.73. The average Bonchev–Trinajstić information content (AvgIpc) is 1.75. The number of nitrogens with one attached hydrogen (secondary N) is 1. The van der Waals surface area contributed by atoms with Gasteiger partial charge in [0.2, 0.25) is 0 Å². The largest absolute Gasteiger partial charge is 0.227 e. The van der Waals surface area contributed by atoms with Gasteiger partial charge < -0.3 is 0 Å². The second-order valence-electron chi connectivity index (χ2n) is 0.680. The van der Waals surface area contributed by atoms with Crippen LogP contribution in [0.25, 0.3) is 0 Å². The van der Waals surface area contributed by atoms with Crippen molar-refractivity contribution in [3.8, 4) is 0 Å². The summed E-state index contributed by atoms with van der Waals surface area (Å²) in [6, 6.07) is 0. The van der Waals surface area contributed by atoms with Gasteiger partial charge in [-0.1, -0.05) is 0 Å². The Morgan fingerprint density at radius 3 is 2.25 bits per heavy atom. The van der Waals surface area contributed by atoms with Gasteiger partial charge in [-0.15, -0.1) is 0 Å². The molecule has 0 unspecified atom stereocenters. The lowest BCUT2D eigenvalue weighted by molar-refractivity contribution is 0.961. The molecule has 0 atom stereocenters. The summed E-state index contributed by atoms with van der Waals surface area (Å²) in [5.41, 5.74) is 0. The Bertz CT molecular complexity index is 64.6. The van der Waals surface area contributed by atoms with Gasteiger partial charge in [0.05, 0.1) is 11.7 Å². The van der Waals surface area contributed by atoms with Crippen LogP contribution in [0.15, 0.2) is 0 Å². The van der Waals surface area contributed by atoms with Gasteiger partial charge in [-0.2, -0.15) is 0 Å². The Hall–Kier alpha value is -0.180. The third-order valence-corrected chi connectivity index (χ3v) is 0.822. The molecule has 0 aliphatic heterocycles. The van der Waals surface area contributed by atoms with Crippen molar-refractivity contribution in [2.75, 3.05) is 0 Å². The van der Waals surface area contributed by atoms with Crippen molar-refractivity contribution < 1.29 is 0 Å². The molecule has 1 aromatic heterocycles. The standard InChI is InChI=1S/CH4N2S/c1-3-2-4-3/h2H,1H3. The molecule has 0 aliphatic carbocycles. The van der Waals surface area contributed by atoms with Gasteiger partial charge in [-0.25, -0.2) is 8.56 Å². The minimum atomic E-state index is 1.61. The van der Waals surface area contributed by atoms with Gasteiger partial charge in [0.25, 0.3) is 0 Å². The second-order valence-corrected chi connectivity index (χ2v) is 1.59. The van der Waals surface area contributed by atoms with Crippen LogP contribution in [-0.2, 0) is 7.05 Å². The number of hydrogen-bond donors (Lipinski definition) is 1. The molecule has 0 aliphatic rings. The molecule has 0 fully saturated rings. The minimum Gasteiger partial charge on any atom is -0.227 e. The maximum absolute atomic E-state index is 2.85. The van der Waals surface area contributed by atoms with Crippen molar-refractivity contribution in [2.24, 2.45) is 7.05 Å². The van der Waals surface area contributed by atoms with Crippen LogP contribution >= 0.6 is 11.7 Å². The summed E-state index contributed by atoms with van der Waals surface area (Å²) in [4.78, 5) is 0. The molecular weight excluding hydrogens is 72.1 g/mol. The number of rotatable bonds is 0. The summed E-state index contributed by atoms with van der Waals surface area (Å²) >= 11 is 1.61. The van der Waals surface area contributed by atoms with Crippen molar-refractivity contribution in [3.63, 3.8) is 0 Å². The fourth-order valence-electron chi connectivity index (χ4n) is 0.0408. The number of aryl methyl sites for hydroxylation is 1. The van der Waals surface area contributed by atoms with Crippen LogP contribution in [-0.4, -0.2) is 8.56 Å². The fourth-order valence-corrected chi connectivity index (χ4v) is 0.122. The van der Waals surface area contributed by atoms with Gasteiger partial charge in [0, 0.05) is 7.05 Å². The Labute approximate surface area is 28.3 Å². The van der Waals surface area contributed by atoms with E-state index in [1.165, 1.54) is 0 Å². The van der Waals surface area contributed by atoms with Crippen molar-refractivity contribution in [1.29, 1.82) is 0 Å². The predicted molar refractivity (Wildman–Crippen MR) is 17.6 cm³/mol. The molecule has 0 saturated carbocycles. The van der Waals surface area contributed by atoms with Gasteiger partial charge in [-0.05, 0) is 0 Å². The van der Waals surface area contributed by atoms with Gasteiger partial charge in [0.1, 0.15) is 0 Å². The lowest BCUT2D eigenvalue weighted by Gasteiger charge is -1.48. The maximum Gasteiger partial charge on any atom is 0.0544 e. The van der Waals surface area contributed by atoms with E-state index in [0.29, 0.717) is 0 Å². The normalized spacial score (nSPS) is 9.25. The van der Waals surface area contributed by atoms with E-state index in [1.807, 2.05) is 11.1 Å². The topological polar surface area (TPSA) is 20.7 Å². The van der Waals surface area contributed by atoms with E-state index < -0.39 is 0 Å². The number of aromatic nitrogens is 2. The lowest BCUT2D eigenvalue weighted by Crippen LogP contribution is -1.59. The summed E-state index contributed by atoms with van der Waals surface area (Å²) in [6.07, 6.45) is 0. The lowest BCUT2D eigenvalue weighted by atomic mass is 11.6. The molecule has 3 heteroatoms. The molecule has 0 aromatic carbocycles. The van der Waals surface area contributed by atoms with Gasteiger partial charge in [0.15, 0.2) is 0 Å². The van der Waals surface area contributed by atoms with E-state index in [4.69, 9.17) is 0 Å². The summed E-state index contributed by atoms with van der Waals surface area (Å²) in [5, 5.41) is 0. The van der Waals surface area contributed by atoms with Gasteiger partial charge >= 0.3 is 0 Å². The van der Waals surface area contributed by atoms with Crippen molar-refractivity contribution in [1.82, 2.24) is 8.56 Å². The predicted octanol–water partition coefficient (Wildman–Crippen LogP) is 0.415. The van der Waals surface area contributed by atoms with Crippen LogP contribution in [0.2, 0.25) is 0 Å². The number of aromatic amines is 1. The number of hydrogen-bond acceptors (Lipinski definition) is 1. The zero-order chi connectivity index (χ0) is 2.99. The van der Waals surface area contributed by atoms with Crippen LogP contribution in [0.1, 0.15) is 0 Å². The van der Waals surface area contributed by atoms with Gasteiger partial charge in [-0.3, -0.25) is 0 Å². The Morgan fingerprint density at radius 2 is 2.25 bits per heavy atom. The van der Waals surface area contributed by atoms with E-state index in [2.05, 4.69) is 4.49 Å². The molecule has 24 valence electrons. The number of nitrogens with zero attached hydrogens (tertiary/aromatic N) is 1. The average molecular weight is 76.1 g/mol. The van der Waals surface area contributed by atoms with Crippen molar-refractivity contribution in [3.05, 3.63) is 0 Å². The molecule has 0 amide bonds. The maximum atomic E-state index is 2.85. The Morgan fingerprint density at radius 1 is 2.00 bits per heavy atom. The Balaban J connectivity index is 2.81. The summed E-state index contributed by atoms with van der Waals surface area (Å²) in [5.74, 6) is 0. The third kappa shape index (κ3) is 0.154. The SMILES string of the molecule is Cn1[nH]s1. The zero-order valence-electron chi connectivity index (χ0n) is 2.36. The van der Waals surface area contributed by atoms with E-state index in [1.54, 1.807) is 11.7 Å². The van der Waals surface area contributed by atoms with E-state index in [-0.39, 0.29) is 0 Å².